The van der Waals surface area contributed by atoms with Crippen LogP contribution in [0.5, 0.6) is 23.0 Å². The number of hydrogen-bond donors (Lipinski definition) is 0. The minimum Gasteiger partial charge on any atom is -0.493 e. The lowest BCUT2D eigenvalue weighted by Crippen LogP contribution is -1.98. The molecule has 2 aromatic rings. The van der Waals surface area contributed by atoms with E-state index in [9.17, 15) is 4.79 Å². The molecule has 0 aliphatic carbocycles. The van der Waals surface area contributed by atoms with E-state index in [-0.39, 0.29) is 5.78 Å². The van der Waals surface area contributed by atoms with Gasteiger partial charge in [-0.3, -0.25) is 4.79 Å². The maximum atomic E-state index is 12.5. The fraction of sp³-hybridized carbons (Fsp3) is 0.286. The summed E-state index contributed by atoms with van der Waals surface area (Å²) < 4.78 is 22.1. The SMILES string of the molecule is CCOc1cc(C=CC(=O)c2ccc3c(c2)OCCCO3)ccc1OC. The minimum atomic E-state index is -0.102. The first-order valence-electron chi connectivity index (χ1n) is 8.64. The molecule has 1 aliphatic heterocycles. The summed E-state index contributed by atoms with van der Waals surface area (Å²) in [6.07, 6.45) is 4.13. The summed E-state index contributed by atoms with van der Waals surface area (Å²) in [6, 6.07) is 10.8. The standard InChI is InChI=1S/C21H22O5/c1-3-24-20-13-15(6-9-18(20)23-2)5-8-17(22)16-7-10-19-21(14-16)26-12-4-11-25-19/h5-10,13-14H,3-4,11-12H2,1-2H3. The van der Waals surface area contributed by atoms with Crippen LogP contribution in [0.15, 0.2) is 42.5 Å². The molecule has 0 bridgehead atoms. The number of fused-ring (bicyclic) bond motifs is 1. The third kappa shape index (κ3) is 4.17. The minimum absolute atomic E-state index is 0.102. The van der Waals surface area contributed by atoms with E-state index in [4.69, 9.17) is 18.9 Å². The predicted molar refractivity (Wildman–Crippen MR) is 99.6 cm³/mol. The molecule has 5 heteroatoms. The predicted octanol–water partition coefficient (Wildman–Crippen LogP) is 4.15. The number of ketones is 1. The maximum absolute atomic E-state index is 12.5. The van der Waals surface area contributed by atoms with E-state index in [1.807, 2.05) is 25.1 Å². The van der Waals surface area contributed by atoms with Crippen LogP contribution >= 0.6 is 0 Å². The van der Waals surface area contributed by atoms with Crippen molar-refractivity contribution < 1.29 is 23.7 Å². The Kier molecular flexibility index (Phi) is 5.79. The van der Waals surface area contributed by atoms with Crippen molar-refractivity contribution in [2.75, 3.05) is 26.9 Å². The Morgan fingerprint density at radius 2 is 1.88 bits per heavy atom. The third-order valence-corrected chi connectivity index (χ3v) is 3.95. The molecular weight excluding hydrogens is 332 g/mol. The lowest BCUT2D eigenvalue weighted by molar-refractivity contribution is 0.104. The molecule has 0 saturated carbocycles. The zero-order valence-electron chi connectivity index (χ0n) is 15.0. The van der Waals surface area contributed by atoms with Crippen molar-refractivity contribution in [1.29, 1.82) is 0 Å². The van der Waals surface area contributed by atoms with E-state index in [1.165, 1.54) is 6.08 Å². The Morgan fingerprint density at radius 1 is 1.08 bits per heavy atom. The van der Waals surface area contributed by atoms with Gasteiger partial charge in [0.25, 0.3) is 0 Å². The van der Waals surface area contributed by atoms with Crippen LogP contribution in [0.3, 0.4) is 0 Å². The Morgan fingerprint density at radius 3 is 2.65 bits per heavy atom. The fourth-order valence-electron chi connectivity index (χ4n) is 2.65. The highest BCUT2D eigenvalue weighted by atomic mass is 16.5. The number of hydrogen-bond acceptors (Lipinski definition) is 5. The lowest BCUT2D eigenvalue weighted by Gasteiger charge is -2.09. The van der Waals surface area contributed by atoms with Crippen molar-refractivity contribution in [1.82, 2.24) is 0 Å². The number of methoxy groups -OCH3 is 1. The highest BCUT2D eigenvalue weighted by Gasteiger charge is 2.13. The molecule has 0 saturated heterocycles. The van der Waals surface area contributed by atoms with E-state index < -0.39 is 0 Å². The smallest absolute Gasteiger partial charge is 0.185 e. The van der Waals surface area contributed by atoms with Crippen molar-refractivity contribution in [2.45, 2.75) is 13.3 Å². The Hall–Kier alpha value is -2.95. The van der Waals surface area contributed by atoms with E-state index in [2.05, 4.69) is 0 Å². The topological polar surface area (TPSA) is 54.0 Å². The molecule has 26 heavy (non-hydrogen) atoms. The summed E-state index contributed by atoms with van der Waals surface area (Å²) >= 11 is 0. The highest BCUT2D eigenvalue weighted by molar-refractivity contribution is 6.07. The van der Waals surface area contributed by atoms with E-state index in [0.29, 0.717) is 48.4 Å². The molecule has 2 aromatic carbocycles. The van der Waals surface area contributed by atoms with Gasteiger partial charge in [-0.05, 0) is 48.9 Å². The lowest BCUT2D eigenvalue weighted by atomic mass is 10.1. The second-order valence-corrected chi connectivity index (χ2v) is 5.75. The van der Waals surface area contributed by atoms with Gasteiger partial charge in [-0.2, -0.15) is 0 Å². The van der Waals surface area contributed by atoms with Crippen molar-refractivity contribution in [2.24, 2.45) is 0 Å². The molecule has 136 valence electrons. The molecule has 1 aliphatic rings. The molecule has 0 aromatic heterocycles. The van der Waals surface area contributed by atoms with Gasteiger partial charge in [0.05, 0.1) is 26.9 Å². The number of carbonyl (C=O) groups is 1. The quantitative estimate of drug-likeness (QED) is 0.576. The number of ether oxygens (including phenoxy) is 4. The van der Waals surface area contributed by atoms with E-state index >= 15 is 0 Å². The van der Waals surface area contributed by atoms with Crippen LogP contribution in [0, 0.1) is 0 Å². The first-order chi connectivity index (χ1) is 12.7. The Balaban J connectivity index is 1.77. The van der Waals surface area contributed by atoms with Gasteiger partial charge in [0, 0.05) is 12.0 Å². The van der Waals surface area contributed by atoms with Crippen LogP contribution < -0.4 is 18.9 Å². The molecule has 0 unspecified atom stereocenters. The monoisotopic (exact) mass is 354 g/mol. The van der Waals surface area contributed by atoms with Gasteiger partial charge in [-0.25, -0.2) is 0 Å². The van der Waals surface area contributed by atoms with Gasteiger partial charge in [0.1, 0.15) is 0 Å². The van der Waals surface area contributed by atoms with Crippen molar-refractivity contribution in [3.8, 4) is 23.0 Å². The van der Waals surface area contributed by atoms with Crippen molar-refractivity contribution in [3.05, 3.63) is 53.6 Å². The van der Waals surface area contributed by atoms with Crippen molar-refractivity contribution >= 4 is 11.9 Å². The summed E-state index contributed by atoms with van der Waals surface area (Å²) in [5.74, 6) is 2.51. The molecule has 3 rings (SSSR count). The summed E-state index contributed by atoms with van der Waals surface area (Å²) in [5.41, 5.74) is 1.42. The molecular formula is C21H22O5. The van der Waals surface area contributed by atoms with Crippen LogP contribution in [0.25, 0.3) is 6.08 Å². The zero-order valence-corrected chi connectivity index (χ0v) is 15.0. The normalized spacial score (nSPS) is 13.3. The van der Waals surface area contributed by atoms with Gasteiger partial charge < -0.3 is 18.9 Å². The van der Waals surface area contributed by atoms with Gasteiger partial charge >= 0.3 is 0 Å². The molecule has 0 spiro atoms. The number of rotatable bonds is 6. The van der Waals surface area contributed by atoms with Crippen LogP contribution in [-0.4, -0.2) is 32.7 Å². The molecule has 1 heterocycles. The van der Waals surface area contributed by atoms with Gasteiger partial charge in [-0.1, -0.05) is 12.1 Å². The third-order valence-electron chi connectivity index (χ3n) is 3.95. The first kappa shape index (κ1) is 17.9. The maximum Gasteiger partial charge on any atom is 0.185 e. The van der Waals surface area contributed by atoms with Crippen molar-refractivity contribution in [3.63, 3.8) is 0 Å². The largest absolute Gasteiger partial charge is 0.493 e. The number of allylic oxidation sites excluding steroid dienone is 1. The zero-order chi connectivity index (χ0) is 18.4. The molecule has 0 N–H and O–H groups in total. The average molecular weight is 354 g/mol. The van der Waals surface area contributed by atoms with Gasteiger partial charge in [-0.15, -0.1) is 0 Å². The molecule has 0 amide bonds. The second-order valence-electron chi connectivity index (χ2n) is 5.75. The number of benzene rings is 2. The molecule has 0 atom stereocenters. The van der Waals surface area contributed by atoms with Crippen LogP contribution in [0.2, 0.25) is 0 Å². The fourth-order valence-corrected chi connectivity index (χ4v) is 2.65. The highest BCUT2D eigenvalue weighted by Crippen LogP contribution is 2.31. The summed E-state index contributed by atoms with van der Waals surface area (Å²) in [6.45, 7) is 3.67. The second kappa shape index (κ2) is 8.43. The molecule has 0 fully saturated rings. The van der Waals surface area contributed by atoms with Crippen LogP contribution in [0.1, 0.15) is 29.3 Å². The molecule has 0 radical (unpaired) electrons. The van der Waals surface area contributed by atoms with Gasteiger partial charge in [0.15, 0.2) is 28.8 Å². The van der Waals surface area contributed by atoms with Crippen LogP contribution in [0.4, 0.5) is 0 Å². The summed E-state index contributed by atoms with van der Waals surface area (Å²) in [4.78, 5) is 12.5. The van der Waals surface area contributed by atoms with E-state index in [0.717, 1.165) is 12.0 Å². The first-order valence-corrected chi connectivity index (χ1v) is 8.64. The Labute approximate surface area is 153 Å². The summed E-state index contributed by atoms with van der Waals surface area (Å²) in [7, 11) is 1.60. The van der Waals surface area contributed by atoms with Crippen LogP contribution in [-0.2, 0) is 0 Å². The van der Waals surface area contributed by atoms with E-state index in [1.54, 1.807) is 31.4 Å². The summed E-state index contributed by atoms with van der Waals surface area (Å²) in [5, 5.41) is 0. The average Bonchev–Trinajstić information content (AvgIpc) is 2.91. The number of carbonyl (C=O) groups excluding carboxylic acids is 1. The van der Waals surface area contributed by atoms with Gasteiger partial charge in [0.2, 0.25) is 0 Å². The Bertz CT molecular complexity index is 810. The molecule has 5 nitrogen and oxygen atoms in total.